The van der Waals surface area contributed by atoms with Crippen molar-refractivity contribution >= 4 is 5.97 Å². The van der Waals surface area contributed by atoms with E-state index in [-0.39, 0.29) is 5.97 Å². The number of cyclic esters (lactones) is 1. The average Bonchev–Trinajstić information content (AvgIpc) is 2.60. The van der Waals surface area contributed by atoms with Gasteiger partial charge in [-0.1, -0.05) is 0 Å². The third kappa shape index (κ3) is 3.46. The first-order chi connectivity index (χ1) is 5.89. The molecule has 4 heteroatoms. The molecule has 0 saturated heterocycles. The van der Waals surface area contributed by atoms with E-state index < -0.39 is 0 Å². The van der Waals surface area contributed by atoms with E-state index in [9.17, 15) is 4.79 Å². The molecule has 0 spiro atoms. The third-order valence-corrected chi connectivity index (χ3v) is 1.06. The molecule has 62 valence electrons. The summed E-state index contributed by atoms with van der Waals surface area (Å²) in [6.45, 7) is 0. The van der Waals surface area contributed by atoms with Crippen LogP contribution in [0.15, 0.2) is 37.1 Å². The predicted molar refractivity (Wildman–Crippen MR) is 41.9 cm³/mol. The predicted octanol–water partition coefficient (Wildman–Crippen LogP) is 0.924. The zero-order chi connectivity index (χ0) is 8.65. The summed E-state index contributed by atoms with van der Waals surface area (Å²) in [4.78, 5) is 17.3. The van der Waals surface area contributed by atoms with Gasteiger partial charge < -0.3 is 4.74 Å². The minimum absolute atomic E-state index is 0.157. The van der Waals surface area contributed by atoms with Gasteiger partial charge in [0.2, 0.25) is 0 Å². The average molecular weight is 164 g/mol. The highest BCUT2D eigenvalue weighted by molar-refractivity contribution is 5.73. The van der Waals surface area contributed by atoms with Crippen LogP contribution < -0.4 is 0 Å². The van der Waals surface area contributed by atoms with E-state index in [0.717, 1.165) is 0 Å². The van der Waals surface area contributed by atoms with E-state index in [4.69, 9.17) is 0 Å². The van der Waals surface area contributed by atoms with Gasteiger partial charge in [0.15, 0.2) is 0 Å². The fraction of sp³-hybridized carbons (Fsp3) is 0.125. The van der Waals surface area contributed by atoms with E-state index in [2.05, 4.69) is 14.7 Å². The van der Waals surface area contributed by atoms with Crippen LogP contribution in [0.3, 0.4) is 0 Å². The van der Waals surface area contributed by atoms with Crippen molar-refractivity contribution in [2.24, 2.45) is 0 Å². The molecule has 1 aromatic rings. The number of hydrogen-bond donors (Lipinski definition) is 0. The lowest BCUT2D eigenvalue weighted by molar-refractivity contribution is -0.135. The summed E-state index contributed by atoms with van der Waals surface area (Å²) in [5.74, 6) is -0.157. The molecule has 0 bridgehead atoms. The third-order valence-electron chi connectivity index (χ3n) is 1.06. The maximum atomic E-state index is 9.96. The summed E-state index contributed by atoms with van der Waals surface area (Å²) in [6, 6.07) is 1.78. The van der Waals surface area contributed by atoms with Gasteiger partial charge in [-0.2, -0.15) is 0 Å². The van der Waals surface area contributed by atoms with E-state index in [1.807, 2.05) is 0 Å². The molecule has 0 radical (unpaired) electrons. The van der Waals surface area contributed by atoms with Crippen LogP contribution in [0.5, 0.6) is 0 Å². The van der Waals surface area contributed by atoms with Gasteiger partial charge in [0.1, 0.15) is 6.33 Å². The van der Waals surface area contributed by atoms with Gasteiger partial charge in [-0.15, -0.1) is 0 Å². The monoisotopic (exact) mass is 164 g/mol. The molecule has 1 aliphatic heterocycles. The van der Waals surface area contributed by atoms with E-state index in [0.29, 0.717) is 6.42 Å². The Morgan fingerprint density at radius 1 is 1.33 bits per heavy atom. The maximum absolute atomic E-state index is 9.96. The molecular formula is C8H8N2O2. The number of hydrogen-bond acceptors (Lipinski definition) is 4. The zero-order valence-corrected chi connectivity index (χ0v) is 6.38. The van der Waals surface area contributed by atoms with E-state index >= 15 is 0 Å². The van der Waals surface area contributed by atoms with Crippen molar-refractivity contribution in [1.29, 1.82) is 0 Å². The van der Waals surface area contributed by atoms with Crippen LogP contribution in [-0.4, -0.2) is 15.9 Å². The molecule has 1 aromatic heterocycles. The molecular weight excluding hydrogens is 156 g/mol. The number of rotatable bonds is 0. The van der Waals surface area contributed by atoms with Crippen molar-refractivity contribution in [2.75, 3.05) is 0 Å². The fourth-order valence-electron chi connectivity index (χ4n) is 0.570. The second-order valence-corrected chi connectivity index (χ2v) is 1.97. The second-order valence-electron chi connectivity index (χ2n) is 1.97. The van der Waals surface area contributed by atoms with Gasteiger partial charge in [-0.3, -0.25) is 4.79 Å². The standard InChI is InChI=1S/C4H4N2.C4H4O2/c1-2-5-4-6-3-1;5-4-2-1-3-6-4/h1-4H;1,3H,2H2. The Balaban J connectivity index is 0.000000120. The highest BCUT2D eigenvalue weighted by atomic mass is 16.5. The second kappa shape index (κ2) is 5.01. The Kier molecular flexibility index (Phi) is 3.50. The molecule has 0 atom stereocenters. The van der Waals surface area contributed by atoms with Crippen LogP contribution in [0.1, 0.15) is 6.42 Å². The van der Waals surface area contributed by atoms with Gasteiger partial charge in [0, 0.05) is 12.4 Å². The summed E-state index contributed by atoms with van der Waals surface area (Å²) in [5.41, 5.74) is 0. The summed E-state index contributed by atoms with van der Waals surface area (Å²) in [5, 5.41) is 0. The normalized spacial score (nSPS) is 13.2. The number of nitrogens with zero attached hydrogens (tertiary/aromatic N) is 2. The molecule has 0 saturated carbocycles. The van der Waals surface area contributed by atoms with Gasteiger partial charge in [0.05, 0.1) is 12.7 Å². The molecule has 2 rings (SSSR count). The molecule has 0 amide bonds. The van der Waals surface area contributed by atoms with Crippen molar-refractivity contribution in [2.45, 2.75) is 6.42 Å². The van der Waals surface area contributed by atoms with Crippen LogP contribution in [0.4, 0.5) is 0 Å². The Bertz CT molecular complexity index is 222. The Hall–Kier alpha value is -1.71. The number of ether oxygens (including phenoxy) is 1. The zero-order valence-electron chi connectivity index (χ0n) is 6.38. The van der Waals surface area contributed by atoms with Crippen LogP contribution >= 0.6 is 0 Å². The number of carbonyl (C=O) groups is 1. The fourth-order valence-corrected chi connectivity index (χ4v) is 0.570. The number of esters is 1. The molecule has 0 aromatic carbocycles. The lowest BCUT2D eigenvalue weighted by Crippen LogP contribution is -1.87. The van der Waals surface area contributed by atoms with Crippen molar-refractivity contribution in [3.63, 3.8) is 0 Å². The van der Waals surface area contributed by atoms with Crippen LogP contribution in [0, 0.1) is 0 Å². The minimum Gasteiger partial charge on any atom is -0.435 e. The minimum atomic E-state index is -0.157. The lowest BCUT2D eigenvalue weighted by atomic mass is 10.5. The molecule has 2 heterocycles. The summed E-state index contributed by atoms with van der Waals surface area (Å²) in [7, 11) is 0. The first-order valence-corrected chi connectivity index (χ1v) is 3.44. The summed E-state index contributed by atoms with van der Waals surface area (Å²) in [6.07, 6.45) is 8.41. The van der Waals surface area contributed by atoms with Crippen molar-refractivity contribution in [3.05, 3.63) is 37.1 Å². The largest absolute Gasteiger partial charge is 0.435 e. The number of aromatic nitrogens is 2. The summed E-state index contributed by atoms with van der Waals surface area (Å²) >= 11 is 0. The van der Waals surface area contributed by atoms with Crippen LogP contribution in [-0.2, 0) is 9.53 Å². The Morgan fingerprint density at radius 2 is 2.08 bits per heavy atom. The highest BCUT2D eigenvalue weighted by Gasteiger charge is 2.00. The molecule has 1 aliphatic rings. The molecule has 12 heavy (non-hydrogen) atoms. The van der Waals surface area contributed by atoms with Crippen LogP contribution in [0.25, 0.3) is 0 Å². The Morgan fingerprint density at radius 3 is 2.25 bits per heavy atom. The molecule has 4 nitrogen and oxygen atoms in total. The summed E-state index contributed by atoms with van der Waals surface area (Å²) < 4.78 is 4.33. The van der Waals surface area contributed by atoms with Gasteiger partial charge in [0.25, 0.3) is 0 Å². The van der Waals surface area contributed by atoms with E-state index in [1.54, 1.807) is 24.5 Å². The molecule has 0 aliphatic carbocycles. The quantitative estimate of drug-likeness (QED) is 0.535. The van der Waals surface area contributed by atoms with E-state index in [1.165, 1.54) is 12.6 Å². The van der Waals surface area contributed by atoms with Gasteiger partial charge >= 0.3 is 5.97 Å². The maximum Gasteiger partial charge on any atom is 0.314 e. The lowest BCUT2D eigenvalue weighted by Gasteiger charge is -1.78. The van der Waals surface area contributed by atoms with Crippen LogP contribution in [0.2, 0.25) is 0 Å². The van der Waals surface area contributed by atoms with Crippen molar-refractivity contribution in [3.8, 4) is 0 Å². The highest BCUT2D eigenvalue weighted by Crippen LogP contribution is 1.96. The van der Waals surface area contributed by atoms with Gasteiger partial charge in [-0.25, -0.2) is 9.97 Å². The first kappa shape index (κ1) is 8.39. The molecule has 0 fully saturated rings. The molecule has 0 unspecified atom stereocenters. The van der Waals surface area contributed by atoms with Crippen molar-refractivity contribution in [1.82, 2.24) is 9.97 Å². The first-order valence-electron chi connectivity index (χ1n) is 3.44. The number of carbonyl (C=O) groups excluding carboxylic acids is 1. The SMILES string of the molecule is O=C1CC=CO1.c1cncnc1. The van der Waals surface area contributed by atoms with Gasteiger partial charge in [-0.05, 0) is 12.1 Å². The smallest absolute Gasteiger partial charge is 0.314 e. The molecule has 0 N–H and O–H groups in total. The Labute approximate surface area is 69.9 Å². The topological polar surface area (TPSA) is 52.1 Å². The van der Waals surface area contributed by atoms with Crippen molar-refractivity contribution < 1.29 is 9.53 Å².